The number of hydrogen-bond donors (Lipinski definition) is 0. The summed E-state index contributed by atoms with van der Waals surface area (Å²) in [6.07, 6.45) is 0. The van der Waals surface area contributed by atoms with Crippen LogP contribution < -0.4 is 16.3 Å². The van der Waals surface area contributed by atoms with E-state index in [0.29, 0.717) is 16.8 Å². The molecule has 4 heteroatoms. The van der Waals surface area contributed by atoms with Gasteiger partial charge in [-0.15, -0.1) is 0 Å². The van der Waals surface area contributed by atoms with E-state index in [1.54, 1.807) is 0 Å². The van der Waals surface area contributed by atoms with Crippen molar-refractivity contribution >= 4 is 46.7 Å². The molecule has 0 aliphatic heterocycles. The second kappa shape index (κ2) is 3.77. The Labute approximate surface area is 84.9 Å². The van der Waals surface area contributed by atoms with E-state index in [4.69, 9.17) is 23.5 Å². The molecular weight excluding hydrogens is 151 g/mol. The van der Waals surface area contributed by atoms with Crippen molar-refractivity contribution in [2.75, 3.05) is 0 Å². The van der Waals surface area contributed by atoms with Crippen LogP contribution in [-0.2, 0) is 0 Å². The summed E-state index contributed by atoms with van der Waals surface area (Å²) in [6, 6.07) is 0. The molecule has 0 bridgehead atoms. The summed E-state index contributed by atoms with van der Waals surface area (Å²) in [5.74, 6) is 0.352. The monoisotopic (exact) mass is 162 g/mol. The van der Waals surface area contributed by atoms with Crippen molar-refractivity contribution in [2.24, 2.45) is 0 Å². The van der Waals surface area contributed by atoms with Crippen molar-refractivity contribution in [1.82, 2.24) is 0 Å². The second-order valence-corrected chi connectivity index (χ2v) is 3.66. The van der Waals surface area contributed by atoms with E-state index in [0.717, 1.165) is 16.4 Å². The zero-order valence-corrected chi connectivity index (χ0v) is 8.39. The molecular formula is C9H10B4. The molecule has 0 atom stereocenters. The second-order valence-electron chi connectivity index (χ2n) is 3.66. The first-order valence-electron chi connectivity index (χ1n) is 4.39. The van der Waals surface area contributed by atoms with Crippen molar-refractivity contribution in [3.63, 3.8) is 0 Å². The van der Waals surface area contributed by atoms with E-state index in [1.165, 1.54) is 0 Å². The van der Waals surface area contributed by atoms with Crippen LogP contribution in [0, 0.1) is 6.92 Å². The van der Waals surface area contributed by atoms with Crippen LogP contribution in [0.2, 0.25) is 0 Å². The summed E-state index contributed by atoms with van der Waals surface area (Å²) >= 11 is 0. The van der Waals surface area contributed by atoms with Gasteiger partial charge in [0.2, 0.25) is 0 Å². The van der Waals surface area contributed by atoms with Crippen LogP contribution in [0.4, 0.5) is 0 Å². The van der Waals surface area contributed by atoms with Gasteiger partial charge in [-0.2, -0.15) is 0 Å². The minimum absolute atomic E-state index is 0.352. The number of hydrogen-bond acceptors (Lipinski definition) is 0. The maximum absolute atomic E-state index is 5.87. The Kier molecular flexibility index (Phi) is 3.10. The third kappa shape index (κ3) is 1.92. The van der Waals surface area contributed by atoms with Crippen molar-refractivity contribution in [2.45, 2.75) is 26.7 Å². The van der Waals surface area contributed by atoms with Gasteiger partial charge in [-0.1, -0.05) is 0 Å². The van der Waals surface area contributed by atoms with Crippen LogP contribution in [0.25, 0.3) is 0 Å². The molecule has 0 saturated carbocycles. The van der Waals surface area contributed by atoms with Crippen LogP contribution in [0.1, 0.15) is 30.8 Å². The molecule has 0 spiro atoms. The fraction of sp³-hybridized carbons (Fsp3) is 0.444. The van der Waals surface area contributed by atoms with E-state index in [9.17, 15) is 0 Å². The van der Waals surface area contributed by atoms with E-state index >= 15 is 0 Å². The molecule has 58 valence electrons. The summed E-state index contributed by atoms with van der Waals surface area (Å²) < 4.78 is 0. The number of rotatable bonds is 1. The zero-order chi connectivity index (χ0) is 10.2. The molecule has 0 aliphatic rings. The van der Waals surface area contributed by atoms with Gasteiger partial charge in [-0.05, 0) is 0 Å². The van der Waals surface area contributed by atoms with E-state index in [2.05, 4.69) is 13.8 Å². The Balaban J connectivity index is 3.41. The van der Waals surface area contributed by atoms with E-state index in [-0.39, 0.29) is 0 Å². The Morgan fingerprint density at radius 2 is 1.62 bits per heavy atom. The standard InChI is InChI=1S/C9H10B4/c1-4(2)8-7(11)6(10)5(3)9(12)13-8/h4H,1-3H3. The first-order chi connectivity index (χ1) is 5.95. The van der Waals surface area contributed by atoms with Gasteiger partial charge >= 0.3 is 84.4 Å². The SMILES string of the molecule is [B]c1bc(C(C)C)c([B])c([B])c1C. The molecule has 13 heavy (non-hydrogen) atoms. The molecule has 0 saturated heterocycles. The molecule has 0 nitrogen and oxygen atoms in total. The van der Waals surface area contributed by atoms with Crippen molar-refractivity contribution in [1.29, 1.82) is 0 Å². The fourth-order valence-corrected chi connectivity index (χ4v) is 1.34. The maximum atomic E-state index is 5.87. The van der Waals surface area contributed by atoms with Gasteiger partial charge in [0.05, 0.1) is 0 Å². The Hall–Kier alpha value is -0.390. The van der Waals surface area contributed by atoms with Gasteiger partial charge in [0.15, 0.2) is 0 Å². The summed E-state index contributed by atoms with van der Waals surface area (Å²) in [4.78, 5) is 0. The van der Waals surface area contributed by atoms with E-state index in [1.807, 2.05) is 13.8 Å². The van der Waals surface area contributed by atoms with Crippen molar-refractivity contribution in [3.8, 4) is 0 Å². The Bertz CT molecular complexity index is 331. The molecule has 1 aromatic heterocycles. The summed E-state index contributed by atoms with van der Waals surface area (Å²) in [5, 5.41) is 0.718. The van der Waals surface area contributed by atoms with Crippen LogP contribution in [-0.4, -0.2) is 30.4 Å². The van der Waals surface area contributed by atoms with Crippen molar-refractivity contribution in [3.05, 3.63) is 11.0 Å². The minimum atomic E-state index is 0.352. The summed E-state index contributed by atoms with van der Waals surface area (Å²) in [7, 11) is 17.5. The molecule has 1 aromatic rings. The zero-order valence-electron chi connectivity index (χ0n) is 8.39. The third-order valence-corrected chi connectivity index (χ3v) is 2.37. The normalized spacial score (nSPS) is 10.5. The summed E-state index contributed by atoms with van der Waals surface area (Å²) in [6.45, 7) is 7.93. The topological polar surface area (TPSA) is 0 Å². The van der Waals surface area contributed by atoms with Crippen molar-refractivity contribution < 1.29 is 0 Å². The Morgan fingerprint density at radius 1 is 1.08 bits per heavy atom. The van der Waals surface area contributed by atoms with Crippen LogP contribution >= 0.6 is 0 Å². The first kappa shape index (κ1) is 10.7. The molecule has 0 fully saturated rings. The average Bonchev–Trinajstić information content (AvgIpc) is 2.07. The molecule has 1 rings (SSSR count). The molecule has 0 N–H and O–H groups in total. The quantitative estimate of drug-likeness (QED) is 0.456. The molecule has 0 aromatic carbocycles. The van der Waals surface area contributed by atoms with Crippen LogP contribution in [0.15, 0.2) is 0 Å². The molecule has 1 heterocycles. The Morgan fingerprint density at radius 3 is 2.08 bits per heavy atom. The van der Waals surface area contributed by atoms with Gasteiger partial charge in [0.25, 0.3) is 0 Å². The van der Waals surface area contributed by atoms with E-state index < -0.39 is 0 Å². The predicted octanol–water partition coefficient (Wildman–Crippen LogP) is -1.16. The van der Waals surface area contributed by atoms with Gasteiger partial charge in [0.1, 0.15) is 0 Å². The van der Waals surface area contributed by atoms with Crippen LogP contribution in [0.3, 0.4) is 0 Å². The fourth-order valence-electron chi connectivity index (χ4n) is 1.34. The summed E-state index contributed by atoms with van der Waals surface area (Å²) in [5.41, 5.74) is 3.19. The average molecular weight is 161 g/mol. The van der Waals surface area contributed by atoms with Gasteiger partial charge in [-0.3, -0.25) is 0 Å². The first-order valence-corrected chi connectivity index (χ1v) is 4.39. The molecule has 0 aliphatic carbocycles. The van der Waals surface area contributed by atoms with Crippen LogP contribution in [0.5, 0.6) is 0 Å². The molecule has 0 amide bonds. The van der Waals surface area contributed by atoms with Gasteiger partial charge < -0.3 is 0 Å². The third-order valence-electron chi connectivity index (χ3n) is 2.37. The molecule has 0 unspecified atom stereocenters. The molecule has 6 radical (unpaired) electrons. The van der Waals surface area contributed by atoms with Gasteiger partial charge in [0, 0.05) is 0 Å². The predicted molar refractivity (Wildman–Crippen MR) is 62.8 cm³/mol. The van der Waals surface area contributed by atoms with Gasteiger partial charge in [-0.25, -0.2) is 0 Å².